The van der Waals surface area contributed by atoms with Crippen LogP contribution in [-0.2, 0) is 6.54 Å². The van der Waals surface area contributed by atoms with Gasteiger partial charge in [0, 0.05) is 34.7 Å². The number of nitrogens with one attached hydrogen (secondary N) is 2. The van der Waals surface area contributed by atoms with E-state index in [0.717, 1.165) is 16.9 Å². The molecule has 0 unspecified atom stereocenters. The first kappa shape index (κ1) is 13.7. The molecule has 0 atom stereocenters. The topological polar surface area (TPSA) is 57.3 Å². The fourth-order valence-electron chi connectivity index (χ4n) is 2.30. The predicted molar refractivity (Wildman–Crippen MR) is 84.1 cm³/mol. The number of amides is 2. The molecule has 0 spiro atoms. The molecule has 2 aromatic rings. The van der Waals surface area contributed by atoms with E-state index in [1.165, 1.54) is 0 Å². The average molecular weight is 303 g/mol. The number of anilines is 3. The molecular formula is C15H15ClN4O. The van der Waals surface area contributed by atoms with E-state index in [9.17, 15) is 4.79 Å². The summed E-state index contributed by atoms with van der Waals surface area (Å²) in [5.41, 5.74) is 2.79. The fraction of sp³-hybridized carbons (Fsp3) is 0.200. The summed E-state index contributed by atoms with van der Waals surface area (Å²) in [7, 11) is 0. The number of hydrogen-bond donors (Lipinski definition) is 2. The van der Waals surface area contributed by atoms with Crippen LogP contribution in [0.4, 0.5) is 22.0 Å². The van der Waals surface area contributed by atoms with E-state index in [2.05, 4.69) is 15.6 Å². The van der Waals surface area contributed by atoms with Gasteiger partial charge in [-0.1, -0.05) is 17.7 Å². The number of rotatable bonds is 3. The Morgan fingerprint density at radius 3 is 3.05 bits per heavy atom. The van der Waals surface area contributed by atoms with Crippen molar-refractivity contribution in [3.05, 3.63) is 47.1 Å². The highest BCUT2D eigenvalue weighted by atomic mass is 35.5. The largest absolute Gasteiger partial charge is 0.355 e. The lowest BCUT2D eigenvalue weighted by Crippen LogP contribution is -2.39. The van der Waals surface area contributed by atoms with Crippen LogP contribution in [0, 0.1) is 0 Å². The number of nitrogens with zero attached hydrogens (tertiary/aromatic N) is 2. The van der Waals surface area contributed by atoms with Crippen LogP contribution >= 0.6 is 11.6 Å². The molecule has 1 aromatic heterocycles. The predicted octanol–water partition coefficient (Wildman–Crippen LogP) is 3.85. The zero-order valence-corrected chi connectivity index (χ0v) is 12.3. The van der Waals surface area contributed by atoms with Gasteiger partial charge in [0.25, 0.3) is 0 Å². The standard InChI is InChI=1S/C15H15ClN4O/c1-2-20-9-12-13(6-7-17-14(12)19-15(20)21)18-11-5-3-4-10(16)8-11/h3-8H,2,9H2,1H3,(H2,17,18,19,21). The maximum Gasteiger partial charge on any atom is 0.323 e. The van der Waals surface area contributed by atoms with Crippen molar-refractivity contribution in [1.29, 1.82) is 0 Å². The van der Waals surface area contributed by atoms with Crippen molar-refractivity contribution in [1.82, 2.24) is 9.88 Å². The van der Waals surface area contributed by atoms with Gasteiger partial charge in [-0.2, -0.15) is 0 Å². The van der Waals surface area contributed by atoms with Gasteiger partial charge in [-0.15, -0.1) is 0 Å². The molecule has 5 nitrogen and oxygen atoms in total. The lowest BCUT2D eigenvalue weighted by molar-refractivity contribution is 0.209. The quantitative estimate of drug-likeness (QED) is 0.905. The normalized spacial score (nSPS) is 13.6. The Morgan fingerprint density at radius 2 is 2.29 bits per heavy atom. The van der Waals surface area contributed by atoms with Crippen LogP contribution < -0.4 is 10.6 Å². The summed E-state index contributed by atoms with van der Waals surface area (Å²) in [6, 6.07) is 9.29. The highest BCUT2D eigenvalue weighted by molar-refractivity contribution is 6.30. The smallest absolute Gasteiger partial charge is 0.323 e. The maximum absolute atomic E-state index is 11.8. The Kier molecular flexibility index (Phi) is 3.66. The van der Waals surface area contributed by atoms with Gasteiger partial charge in [-0.3, -0.25) is 5.32 Å². The number of aromatic nitrogens is 1. The van der Waals surface area contributed by atoms with Gasteiger partial charge in [-0.25, -0.2) is 9.78 Å². The highest BCUT2D eigenvalue weighted by Crippen LogP contribution is 2.30. The van der Waals surface area contributed by atoms with Crippen LogP contribution in [0.1, 0.15) is 12.5 Å². The Hall–Kier alpha value is -2.27. The molecule has 0 aliphatic carbocycles. The minimum atomic E-state index is -0.114. The number of benzene rings is 1. The van der Waals surface area contributed by atoms with E-state index in [1.54, 1.807) is 11.1 Å². The molecule has 3 rings (SSSR count). The fourth-order valence-corrected chi connectivity index (χ4v) is 2.49. The van der Waals surface area contributed by atoms with Crippen molar-refractivity contribution in [3.8, 4) is 0 Å². The lowest BCUT2D eigenvalue weighted by atomic mass is 10.1. The molecule has 0 radical (unpaired) electrons. The number of fused-ring (bicyclic) bond motifs is 1. The minimum absolute atomic E-state index is 0.114. The zero-order chi connectivity index (χ0) is 14.8. The summed E-state index contributed by atoms with van der Waals surface area (Å²) < 4.78 is 0. The summed E-state index contributed by atoms with van der Waals surface area (Å²) in [5.74, 6) is 0.608. The first-order valence-corrected chi connectivity index (χ1v) is 7.11. The second-order valence-electron chi connectivity index (χ2n) is 4.77. The van der Waals surface area contributed by atoms with Crippen LogP contribution in [0.25, 0.3) is 0 Å². The zero-order valence-electron chi connectivity index (χ0n) is 11.6. The Morgan fingerprint density at radius 1 is 1.43 bits per heavy atom. The Labute approximate surface area is 127 Å². The minimum Gasteiger partial charge on any atom is -0.355 e. The van der Waals surface area contributed by atoms with Gasteiger partial charge < -0.3 is 10.2 Å². The molecule has 21 heavy (non-hydrogen) atoms. The molecule has 1 aliphatic heterocycles. The number of halogens is 1. The van der Waals surface area contributed by atoms with Gasteiger partial charge in [-0.05, 0) is 31.2 Å². The van der Waals surface area contributed by atoms with E-state index in [0.29, 0.717) is 23.9 Å². The number of urea groups is 1. The number of pyridine rings is 1. The van der Waals surface area contributed by atoms with E-state index in [-0.39, 0.29) is 6.03 Å². The van der Waals surface area contributed by atoms with Gasteiger partial charge in [0.05, 0.1) is 6.54 Å². The molecule has 0 fully saturated rings. The average Bonchev–Trinajstić information content (AvgIpc) is 2.47. The molecule has 0 saturated heterocycles. The number of carbonyl (C=O) groups is 1. The van der Waals surface area contributed by atoms with Crippen LogP contribution in [0.2, 0.25) is 5.02 Å². The molecule has 2 N–H and O–H groups in total. The molecule has 108 valence electrons. The van der Waals surface area contributed by atoms with Crippen molar-refractivity contribution < 1.29 is 4.79 Å². The van der Waals surface area contributed by atoms with Gasteiger partial charge >= 0.3 is 6.03 Å². The third-order valence-electron chi connectivity index (χ3n) is 3.40. The van der Waals surface area contributed by atoms with Crippen LogP contribution in [-0.4, -0.2) is 22.5 Å². The van der Waals surface area contributed by atoms with E-state index >= 15 is 0 Å². The first-order chi connectivity index (χ1) is 10.2. The number of hydrogen-bond acceptors (Lipinski definition) is 3. The van der Waals surface area contributed by atoms with Crippen molar-refractivity contribution >= 4 is 34.8 Å². The lowest BCUT2D eigenvalue weighted by Gasteiger charge is -2.29. The summed E-state index contributed by atoms with van der Waals surface area (Å²) in [4.78, 5) is 17.8. The maximum atomic E-state index is 11.8. The van der Waals surface area contributed by atoms with E-state index < -0.39 is 0 Å². The van der Waals surface area contributed by atoms with Crippen LogP contribution in [0.3, 0.4) is 0 Å². The third kappa shape index (κ3) is 2.78. The number of carbonyl (C=O) groups excluding carboxylic acids is 1. The molecule has 0 bridgehead atoms. The van der Waals surface area contributed by atoms with E-state index in [1.807, 2.05) is 37.3 Å². The summed E-state index contributed by atoms with van der Waals surface area (Å²) in [6.07, 6.45) is 1.67. The molecular weight excluding hydrogens is 288 g/mol. The molecule has 1 aliphatic rings. The Bertz CT molecular complexity index is 689. The summed E-state index contributed by atoms with van der Waals surface area (Å²) in [6.45, 7) is 3.14. The monoisotopic (exact) mass is 302 g/mol. The third-order valence-corrected chi connectivity index (χ3v) is 3.64. The van der Waals surface area contributed by atoms with Crippen LogP contribution in [0.5, 0.6) is 0 Å². The first-order valence-electron chi connectivity index (χ1n) is 6.74. The molecule has 2 heterocycles. The van der Waals surface area contributed by atoms with Crippen molar-refractivity contribution in [2.45, 2.75) is 13.5 Å². The second kappa shape index (κ2) is 5.61. The van der Waals surface area contributed by atoms with Gasteiger partial charge in [0.1, 0.15) is 5.82 Å². The highest BCUT2D eigenvalue weighted by Gasteiger charge is 2.24. The molecule has 6 heteroatoms. The Balaban J connectivity index is 1.94. The van der Waals surface area contributed by atoms with E-state index in [4.69, 9.17) is 11.6 Å². The van der Waals surface area contributed by atoms with Crippen molar-refractivity contribution in [3.63, 3.8) is 0 Å². The van der Waals surface area contributed by atoms with Gasteiger partial charge in [0.2, 0.25) is 0 Å². The summed E-state index contributed by atoms with van der Waals surface area (Å²) >= 11 is 6.00. The van der Waals surface area contributed by atoms with Crippen molar-refractivity contribution in [2.75, 3.05) is 17.2 Å². The van der Waals surface area contributed by atoms with Crippen LogP contribution in [0.15, 0.2) is 36.5 Å². The summed E-state index contributed by atoms with van der Waals surface area (Å²) in [5, 5.41) is 6.81. The van der Waals surface area contributed by atoms with Crippen molar-refractivity contribution in [2.24, 2.45) is 0 Å². The molecule has 0 saturated carbocycles. The van der Waals surface area contributed by atoms with Gasteiger partial charge in [0.15, 0.2) is 0 Å². The second-order valence-corrected chi connectivity index (χ2v) is 5.20. The molecule has 2 amide bonds. The molecule has 1 aromatic carbocycles. The SMILES string of the molecule is CCN1Cc2c(Nc3cccc(Cl)c3)ccnc2NC1=O.